The van der Waals surface area contributed by atoms with Crippen LogP contribution in [-0.4, -0.2) is 17.1 Å². The zero-order chi connectivity index (χ0) is 22.8. The van der Waals surface area contributed by atoms with Crippen LogP contribution in [0.2, 0.25) is 0 Å². The van der Waals surface area contributed by atoms with Gasteiger partial charge in [-0.3, -0.25) is 18.7 Å². The molecule has 4 rings (SSSR count). The Morgan fingerprint density at radius 2 is 1.06 bits per heavy atom. The van der Waals surface area contributed by atoms with Crippen molar-refractivity contribution in [2.24, 2.45) is 0 Å². The summed E-state index contributed by atoms with van der Waals surface area (Å²) in [5.41, 5.74) is 1.36. The maximum Gasteiger partial charge on any atom is 0.262 e. The molecule has 32 heavy (non-hydrogen) atoms. The topological polar surface area (TPSA) is 53.9 Å². The maximum absolute atomic E-state index is 13.0. The van der Waals surface area contributed by atoms with Crippen LogP contribution in [0.4, 0.5) is 0 Å². The monoisotopic (exact) mass is 502 g/mol. The van der Waals surface area contributed by atoms with E-state index in [-0.39, 0.29) is 11.1 Å². The van der Waals surface area contributed by atoms with Crippen LogP contribution < -0.4 is 11.1 Å². The first kappa shape index (κ1) is 23.0. The molecule has 10 heteroatoms. The summed E-state index contributed by atoms with van der Waals surface area (Å²) in [6.07, 6.45) is 1.61. The third kappa shape index (κ3) is 4.00. The standard InChI is InChI=1S/C22H22N4O2S4/c1-3-13-23-19(27)15-9-5-7-11-17(15)25(21(23)29)31-32-26-18-12-8-6-10-16(18)20(28)24(14-4-2)22(26)30/h5-12H,3-4,13-14H2,1-2H3. The van der Waals surface area contributed by atoms with Gasteiger partial charge in [-0.1, -0.05) is 38.1 Å². The Balaban J connectivity index is 1.90. The van der Waals surface area contributed by atoms with E-state index in [4.69, 9.17) is 24.4 Å². The van der Waals surface area contributed by atoms with Crippen molar-refractivity contribution in [1.29, 1.82) is 0 Å². The second-order valence-corrected chi connectivity index (χ2v) is 9.90. The second-order valence-electron chi connectivity index (χ2n) is 7.25. The lowest BCUT2D eigenvalue weighted by atomic mass is 10.2. The van der Waals surface area contributed by atoms with Crippen molar-refractivity contribution in [2.75, 3.05) is 0 Å². The molecule has 2 heterocycles. The lowest BCUT2D eigenvalue weighted by molar-refractivity contribution is 0.634. The zero-order valence-corrected chi connectivity index (χ0v) is 21.0. The van der Waals surface area contributed by atoms with E-state index in [9.17, 15) is 9.59 Å². The summed E-state index contributed by atoms with van der Waals surface area (Å²) < 4.78 is 7.95. The Morgan fingerprint density at radius 3 is 1.44 bits per heavy atom. The van der Waals surface area contributed by atoms with Crippen LogP contribution in [0.3, 0.4) is 0 Å². The molecule has 0 aliphatic rings. The average molecular weight is 503 g/mol. The van der Waals surface area contributed by atoms with Crippen molar-refractivity contribution < 1.29 is 0 Å². The van der Waals surface area contributed by atoms with Crippen LogP contribution in [0.15, 0.2) is 58.1 Å². The molecule has 0 amide bonds. The number of hydrogen-bond acceptors (Lipinski definition) is 6. The molecule has 2 aromatic heterocycles. The normalized spacial score (nSPS) is 11.4. The van der Waals surface area contributed by atoms with Crippen molar-refractivity contribution in [3.05, 3.63) is 78.8 Å². The molecule has 0 bridgehead atoms. The third-order valence-corrected chi connectivity index (χ3v) is 8.32. The number of aromatic nitrogens is 4. The van der Waals surface area contributed by atoms with Crippen LogP contribution in [0.5, 0.6) is 0 Å². The fraction of sp³-hybridized carbons (Fsp3) is 0.273. The van der Waals surface area contributed by atoms with Crippen molar-refractivity contribution in [3.8, 4) is 0 Å². The summed E-state index contributed by atoms with van der Waals surface area (Å²) in [7, 11) is 2.78. The molecule has 4 aromatic rings. The first-order valence-electron chi connectivity index (χ1n) is 10.3. The number of rotatable bonds is 7. The van der Waals surface area contributed by atoms with Gasteiger partial charge in [-0.05, 0) is 61.5 Å². The molecule has 0 unspecified atom stereocenters. The Bertz CT molecular complexity index is 1430. The second kappa shape index (κ2) is 9.78. The van der Waals surface area contributed by atoms with Gasteiger partial charge in [0.2, 0.25) is 0 Å². The first-order chi connectivity index (χ1) is 15.5. The molecule has 0 atom stereocenters. The molecular formula is C22H22N4O2S4. The molecule has 0 saturated carbocycles. The van der Waals surface area contributed by atoms with Gasteiger partial charge in [-0.25, -0.2) is 7.94 Å². The van der Waals surface area contributed by atoms with E-state index in [1.165, 1.54) is 22.0 Å². The Hall–Kier alpha value is -2.14. The summed E-state index contributed by atoms with van der Waals surface area (Å²) >= 11 is 11.4. The maximum atomic E-state index is 13.0. The van der Waals surface area contributed by atoms with Gasteiger partial charge in [0.1, 0.15) is 0 Å². The Kier molecular flexibility index (Phi) is 7.04. The minimum absolute atomic E-state index is 0.0761. The van der Waals surface area contributed by atoms with E-state index in [0.717, 1.165) is 23.9 Å². The summed E-state index contributed by atoms with van der Waals surface area (Å²) in [6.45, 7) is 5.14. The summed E-state index contributed by atoms with van der Waals surface area (Å²) in [4.78, 5) is 25.9. The molecule has 6 nitrogen and oxygen atoms in total. The molecule has 0 spiro atoms. The summed E-state index contributed by atoms with van der Waals surface area (Å²) in [5.74, 6) is 0. The van der Waals surface area contributed by atoms with Crippen LogP contribution >= 0.6 is 46.4 Å². The van der Waals surface area contributed by atoms with Crippen LogP contribution in [-0.2, 0) is 13.1 Å². The molecule has 0 N–H and O–H groups in total. The molecular weight excluding hydrogens is 481 g/mol. The van der Waals surface area contributed by atoms with Gasteiger partial charge in [0.25, 0.3) is 11.1 Å². The van der Waals surface area contributed by atoms with E-state index in [0.29, 0.717) is 33.4 Å². The Labute approximate surface area is 203 Å². The van der Waals surface area contributed by atoms with Crippen LogP contribution in [0.25, 0.3) is 21.8 Å². The number of hydrogen-bond donors (Lipinski definition) is 0. The van der Waals surface area contributed by atoms with Crippen LogP contribution in [0.1, 0.15) is 26.7 Å². The van der Waals surface area contributed by atoms with Gasteiger partial charge in [-0.15, -0.1) is 0 Å². The fourth-order valence-corrected chi connectivity index (χ4v) is 6.90. The lowest BCUT2D eigenvalue weighted by Gasteiger charge is -2.17. The van der Waals surface area contributed by atoms with Gasteiger partial charge in [0.05, 0.1) is 43.8 Å². The quantitative estimate of drug-likeness (QED) is 0.235. The largest absolute Gasteiger partial charge is 0.284 e. The van der Waals surface area contributed by atoms with Crippen molar-refractivity contribution in [3.63, 3.8) is 0 Å². The summed E-state index contributed by atoms with van der Waals surface area (Å²) in [6, 6.07) is 14.9. The highest BCUT2D eigenvalue weighted by atomic mass is 33.1. The zero-order valence-electron chi connectivity index (χ0n) is 17.7. The Morgan fingerprint density at radius 1 is 0.688 bits per heavy atom. The van der Waals surface area contributed by atoms with E-state index >= 15 is 0 Å². The van der Waals surface area contributed by atoms with E-state index < -0.39 is 0 Å². The highest BCUT2D eigenvalue weighted by molar-refractivity contribution is 8.75. The molecule has 0 aliphatic carbocycles. The minimum atomic E-state index is -0.0761. The number of nitrogens with zero attached hydrogens (tertiary/aromatic N) is 4. The lowest BCUT2D eigenvalue weighted by Crippen LogP contribution is -2.25. The van der Waals surface area contributed by atoms with Crippen molar-refractivity contribution in [1.82, 2.24) is 17.1 Å². The molecule has 166 valence electrons. The molecule has 0 aliphatic heterocycles. The molecule has 2 aromatic carbocycles. The van der Waals surface area contributed by atoms with E-state index in [1.807, 2.05) is 70.3 Å². The molecule has 0 fully saturated rings. The minimum Gasteiger partial charge on any atom is -0.284 e. The number of fused-ring (bicyclic) bond motifs is 2. The smallest absolute Gasteiger partial charge is 0.262 e. The van der Waals surface area contributed by atoms with Crippen molar-refractivity contribution in [2.45, 2.75) is 39.8 Å². The first-order valence-corrected chi connectivity index (χ1v) is 13.2. The SMILES string of the molecule is CCCn1c(=O)c2ccccc2n(SSn2c(=S)n(CCC)c(=O)c3ccccc32)c1=S. The third-order valence-electron chi connectivity index (χ3n) is 5.08. The number of para-hydroxylation sites is 2. The van der Waals surface area contributed by atoms with Gasteiger partial charge < -0.3 is 0 Å². The van der Waals surface area contributed by atoms with E-state index in [2.05, 4.69) is 0 Å². The average Bonchev–Trinajstić information content (AvgIpc) is 2.81. The summed E-state index contributed by atoms with van der Waals surface area (Å²) in [5, 5.41) is 1.24. The predicted octanol–water partition coefficient (Wildman–Crippen LogP) is 5.81. The van der Waals surface area contributed by atoms with Crippen LogP contribution in [0, 0.1) is 9.54 Å². The molecule has 0 radical (unpaired) electrons. The highest BCUT2D eigenvalue weighted by Crippen LogP contribution is 2.31. The van der Waals surface area contributed by atoms with Crippen molar-refractivity contribution >= 4 is 68.2 Å². The van der Waals surface area contributed by atoms with Gasteiger partial charge >= 0.3 is 0 Å². The highest BCUT2D eigenvalue weighted by Gasteiger charge is 2.14. The predicted molar refractivity (Wildman–Crippen MR) is 141 cm³/mol. The number of benzene rings is 2. The van der Waals surface area contributed by atoms with Gasteiger partial charge in [-0.2, -0.15) is 0 Å². The van der Waals surface area contributed by atoms with E-state index in [1.54, 1.807) is 9.13 Å². The van der Waals surface area contributed by atoms with Gasteiger partial charge in [0, 0.05) is 13.1 Å². The molecule has 0 saturated heterocycles. The fourth-order valence-electron chi connectivity index (χ4n) is 3.61. The van der Waals surface area contributed by atoms with Gasteiger partial charge in [0.15, 0.2) is 9.54 Å².